The van der Waals surface area contributed by atoms with E-state index >= 15 is 0 Å². The lowest BCUT2D eigenvalue weighted by molar-refractivity contribution is 0.114. The van der Waals surface area contributed by atoms with Gasteiger partial charge in [0.1, 0.15) is 5.82 Å². The number of aromatic nitrogens is 2. The first-order chi connectivity index (χ1) is 15.1. The van der Waals surface area contributed by atoms with Crippen molar-refractivity contribution in [3.05, 3.63) is 24.3 Å². The van der Waals surface area contributed by atoms with E-state index in [0.29, 0.717) is 18.1 Å². The molecule has 4 rings (SSSR count). The monoisotopic (exact) mass is 442 g/mol. The normalized spacial score (nSPS) is 23.5. The largest absolute Gasteiger partial charge is 0.376 e. The van der Waals surface area contributed by atoms with Gasteiger partial charge in [-0.2, -0.15) is 4.98 Å². The van der Waals surface area contributed by atoms with E-state index in [1.807, 2.05) is 37.2 Å². The summed E-state index contributed by atoms with van der Waals surface area (Å²) in [5.41, 5.74) is 0.977. The number of para-hydroxylation sites is 1. The second kappa shape index (κ2) is 10.4. The summed E-state index contributed by atoms with van der Waals surface area (Å²) in [5, 5.41) is 12.1. The summed E-state index contributed by atoms with van der Waals surface area (Å²) in [4.78, 5) is 11.6. The minimum absolute atomic E-state index is 0.312. The molecule has 1 atom stereocenters. The Kier molecular flexibility index (Phi) is 7.40. The van der Waals surface area contributed by atoms with Gasteiger partial charge in [0.2, 0.25) is 5.95 Å². The Hall–Kier alpha value is -2.19. The van der Waals surface area contributed by atoms with E-state index in [1.54, 1.807) is 0 Å². The van der Waals surface area contributed by atoms with E-state index in [-0.39, 0.29) is 0 Å². The van der Waals surface area contributed by atoms with E-state index in [0.717, 1.165) is 73.2 Å². The second-order valence-electron chi connectivity index (χ2n) is 8.87. The molecule has 1 saturated heterocycles. The first-order valence-corrected chi connectivity index (χ1v) is 11.8. The summed E-state index contributed by atoms with van der Waals surface area (Å²) < 4.78 is 5.63. The van der Waals surface area contributed by atoms with Crippen LogP contribution in [0.3, 0.4) is 0 Å². The molecule has 7 nitrogen and oxygen atoms in total. The van der Waals surface area contributed by atoms with Crippen molar-refractivity contribution in [2.75, 3.05) is 44.0 Å². The van der Waals surface area contributed by atoms with E-state index in [1.165, 1.54) is 12.8 Å². The van der Waals surface area contributed by atoms with Crippen LogP contribution in [0.1, 0.15) is 38.5 Å². The minimum atomic E-state index is 0.312. The quantitative estimate of drug-likeness (QED) is 0.564. The molecule has 0 amide bonds. The van der Waals surface area contributed by atoms with E-state index < -0.39 is 0 Å². The predicted octanol–water partition coefficient (Wildman–Crippen LogP) is 3.31. The van der Waals surface area contributed by atoms with E-state index in [4.69, 9.17) is 26.9 Å². The molecule has 1 unspecified atom stereocenters. The van der Waals surface area contributed by atoms with E-state index in [9.17, 15) is 0 Å². The Morgan fingerprint density at radius 1 is 1.06 bits per heavy atom. The molecule has 8 heteroatoms. The van der Waals surface area contributed by atoms with Crippen molar-refractivity contribution in [1.82, 2.24) is 20.6 Å². The molecule has 1 saturated carbocycles. The first-order valence-electron chi connectivity index (χ1n) is 11.4. The fourth-order valence-corrected chi connectivity index (χ4v) is 4.64. The maximum atomic E-state index is 5.63. The van der Waals surface area contributed by atoms with E-state index in [2.05, 4.69) is 22.0 Å². The highest BCUT2D eigenvalue weighted by atomic mass is 32.1. The highest BCUT2D eigenvalue weighted by Crippen LogP contribution is 2.28. The molecule has 2 fully saturated rings. The standard InChI is InChI=1S/C23H34N6OS/c1-29(2)21-19-7-3-4-8-20(19)27-22(28-21)26-17-11-9-16(10-12-17)14-24-23(31)25-15-18-6-5-13-30-18/h3-4,7-8,16-18H,5-6,9-15H2,1-2H3,(H2,24,25,31)(H,26,27,28)/t16-,17+,18?. The van der Waals surface area contributed by atoms with Crippen LogP contribution >= 0.6 is 12.2 Å². The zero-order chi connectivity index (χ0) is 21.6. The molecule has 3 N–H and O–H groups in total. The molecule has 1 aliphatic heterocycles. The number of hydrogen-bond donors (Lipinski definition) is 3. The molecule has 0 spiro atoms. The average Bonchev–Trinajstić information content (AvgIpc) is 3.30. The van der Waals surface area contributed by atoms with Crippen LogP contribution in [0.5, 0.6) is 0 Å². The molecule has 168 valence electrons. The van der Waals surface area contributed by atoms with Crippen LogP contribution in [0.2, 0.25) is 0 Å². The Morgan fingerprint density at radius 3 is 2.58 bits per heavy atom. The van der Waals surface area contributed by atoms with Crippen molar-refractivity contribution in [1.29, 1.82) is 0 Å². The molecule has 1 aromatic heterocycles. The topological polar surface area (TPSA) is 74.3 Å². The zero-order valence-corrected chi connectivity index (χ0v) is 19.4. The van der Waals surface area contributed by atoms with Gasteiger partial charge in [-0.15, -0.1) is 0 Å². The number of anilines is 2. The highest BCUT2D eigenvalue weighted by molar-refractivity contribution is 7.80. The fourth-order valence-electron chi connectivity index (χ4n) is 4.47. The van der Waals surface area contributed by atoms with Crippen molar-refractivity contribution in [3.63, 3.8) is 0 Å². The predicted molar refractivity (Wildman–Crippen MR) is 131 cm³/mol. The third-order valence-electron chi connectivity index (χ3n) is 6.25. The van der Waals surface area contributed by atoms with Gasteiger partial charge < -0.3 is 25.6 Å². The summed E-state index contributed by atoms with van der Waals surface area (Å²) in [6.45, 7) is 2.62. The summed E-state index contributed by atoms with van der Waals surface area (Å²) in [7, 11) is 4.05. The van der Waals surface area contributed by atoms with Gasteiger partial charge >= 0.3 is 0 Å². The second-order valence-corrected chi connectivity index (χ2v) is 9.28. The smallest absolute Gasteiger partial charge is 0.225 e. The SMILES string of the molecule is CN(C)c1nc(N[C@H]2CC[C@@H](CNC(=S)NCC3CCCO3)CC2)nc2ccccc12. The van der Waals surface area contributed by atoms with Crippen LogP contribution in [0, 0.1) is 5.92 Å². The molecule has 1 aliphatic carbocycles. The fraction of sp³-hybridized carbons (Fsp3) is 0.609. The number of thiocarbonyl (C=S) groups is 1. The molecule has 2 heterocycles. The molecule has 0 bridgehead atoms. The van der Waals surface area contributed by atoms with Gasteiger partial charge in [0.25, 0.3) is 0 Å². The maximum absolute atomic E-state index is 5.63. The van der Waals surface area contributed by atoms with Crippen LogP contribution < -0.4 is 20.9 Å². The third kappa shape index (κ3) is 5.95. The van der Waals surface area contributed by atoms with Crippen LogP contribution in [-0.4, -0.2) is 61.0 Å². The minimum Gasteiger partial charge on any atom is -0.376 e. The summed E-state index contributed by atoms with van der Waals surface area (Å²) in [6, 6.07) is 8.60. The lowest BCUT2D eigenvalue weighted by Gasteiger charge is -2.30. The van der Waals surface area contributed by atoms with Crippen LogP contribution in [0.15, 0.2) is 24.3 Å². The van der Waals surface area contributed by atoms with Gasteiger partial charge in [-0.05, 0) is 68.8 Å². The van der Waals surface area contributed by atoms with Crippen LogP contribution in [0.25, 0.3) is 10.9 Å². The number of nitrogens with one attached hydrogen (secondary N) is 3. The van der Waals surface area contributed by atoms with Crippen molar-refractivity contribution in [2.45, 2.75) is 50.7 Å². The number of rotatable bonds is 7. The Morgan fingerprint density at radius 2 is 1.84 bits per heavy atom. The molecule has 2 aliphatic rings. The van der Waals surface area contributed by atoms with Crippen LogP contribution in [0.4, 0.5) is 11.8 Å². The molecule has 0 radical (unpaired) electrons. The van der Waals surface area contributed by atoms with Gasteiger partial charge in [-0.1, -0.05) is 12.1 Å². The lowest BCUT2D eigenvalue weighted by atomic mass is 9.86. The molecular formula is C23H34N6OS. The van der Waals surface area contributed by atoms with Crippen LogP contribution in [-0.2, 0) is 4.74 Å². The lowest BCUT2D eigenvalue weighted by Crippen LogP contribution is -2.42. The first kappa shape index (κ1) is 22.0. The number of hydrogen-bond acceptors (Lipinski definition) is 6. The molecule has 1 aromatic carbocycles. The molecule has 2 aromatic rings. The molecule has 31 heavy (non-hydrogen) atoms. The van der Waals surface area contributed by atoms with Crippen molar-refractivity contribution in [2.24, 2.45) is 5.92 Å². The Labute approximate surface area is 190 Å². The van der Waals surface area contributed by atoms with Gasteiger partial charge in [0, 0.05) is 45.2 Å². The number of fused-ring (bicyclic) bond motifs is 1. The Balaban J connectivity index is 1.23. The van der Waals surface area contributed by atoms with Gasteiger partial charge in [-0.3, -0.25) is 0 Å². The Bertz CT molecular complexity index is 877. The average molecular weight is 443 g/mol. The van der Waals surface area contributed by atoms with Crippen molar-refractivity contribution in [3.8, 4) is 0 Å². The van der Waals surface area contributed by atoms with Gasteiger partial charge in [0.05, 0.1) is 11.6 Å². The molecular weight excluding hydrogens is 408 g/mol. The summed E-state index contributed by atoms with van der Waals surface area (Å²) in [6.07, 6.45) is 7.19. The summed E-state index contributed by atoms with van der Waals surface area (Å²) in [5.74, 6) is 2.33. The highest BCUT2D eigenvalue weighted by Gasteiger charge is 2.22. The number of benzene rings is 1. The van der Waals surface area contributed by atoms with Gasteiger partial charge in [-0.25, -0.2) is 4.98 Å². The van der Waals surface area contributed by atoms with Gasteiger partial charge in [0.15, 0.2) is 5.11 Å². The van der Waals surface area contributed by atoms with Crippen molar-refractivity contribution >= 4 is 40.0 Å². The zero-order valence-electron chi connectivity index (χ0n) is 18.6. The number of nitrogens with zero attached hydrogens (tertiary/aromatic N) is 3. The van der Waals surface area contributed by atoms with Crippen molar-refractivity contribution < 1.29 is 4.74 Å². The number of ether oxygens (including phenoxy) is 1. The third-order valence-corrected chi connectivity index (χ3v) is 6.54. The maximum Gasteiger partial charge on any atom is 0.225 e. The summed E-state index contributed by atoms with van der Waals surface area (Å²) >= 11 is 5.43.